The number of halogens is 2. The molecule has 1 heterocycles. The number of carbonyl (C=O) groups excluding carboxylic acids is 1. The van der Waals surface area contributed by atoms with E-state index in [0.717, 1.165) is 10.8 Å². The first-order valence-electron chi connectivity index (χ1n) is 7.30. The molecule has 25 heavy (non-hydrogen) atoms. The minimum Gasteiger partial charge on any atom is -0.435 e. The summed E-state index contributed by atoms with van der Waals surface area (Å²) in [5.41, 5.74) is 0.497. The van der Waals surface area contributed by atoms with E-state index in [1.165, 1.54) is 36.0 Å². The fourth-order valence-corrected chi connectivity index (χ4v) is 2.95. The number of ether oxygens (including phenoxy) is 1. The van der Waals surface area contributed by atoms with Crippen molar-refractivity contribution in [3.05, 3.63) is 54.7 Å². The molecule has 3 aromatic rings. The molecule has 0 saturated carbocycles. The van der Waals surface area contributed by atoms with Crippen LogP contribution in [0.5, 0.6) is 5.75 Å². The van der Waals surface area contributed by atoms with Crippen molar-refractivity contribution in [2.75, 3.05) is 11.1 Å². The Balaban J connectivity index is 1.59. The van der Waals surface area contributed by atoms with E-state index in [2.05, 4.69) is 20.3 Å². The van der Waals surface area contributed by atoms with Gasteiger partial charge in [-0.15, -0.1) is 5.10 Å². The number of nitrogens with one attached hydrogen (secondary N) is 1. The minimum atomic E-state index is -2.88. The first-order valence-corrected chi connectivity index (χ1v) is 8.28. The average molecular weight is 361 g/mol. The standard InChI is InChI=1S/C17H13F2N3O2S/c18-17(19)24-13-7-5-12(6-8-13)21-15(23)10-25-16-14-4-2-1-3-11(14)9-20-22-16/h1-9,17H,10H2,(H,21,23). The van der Waals surface area contributed by atoms with Gasteiger partial charge in [0.15, 0.2) is 0 Å². The number of alkyl halides is 2. The van der Waals surface area contributed by atoms with Gasteiger partial charge >= 0.3 is 6.61 Å². The summed E-state index contributed by atoms with van der Waals surface area (Å²) in [6.45, 7) is -2.88. The van der Waals surface area contributed by atoms with E-state index in [9.17, 15) is 13.6 Å². The maximum Gasteiger partial charge on any atom is 0.387 e. The van der Waals surface area contributed by atoms with Crippen molar-refractivity contribution in [2.45, 2.75) is 11.6 Å². The monoisotopic (exact) mass is 361 g/mol. The largest absolute Gasteiger partial charge is 0.435 e. The molecule has 0 spiro atoms. The predicted octanol–water partition coefficient (Wildman–Crippen LogP) is 3.96. The smallest absolute Gasteiger partial charge is 0.387 e. The van der Waals surface area contributed by atoms with Crippen LogP contribution in [0.2, 0.25) is 0 Å². The van der Waals surface area contributed by atoms with Crippen molar-refractivity contribution in [2.24, 2.45) is 0 Å². The summed E-state index contributed by atoms with van der Waals surface area (Å²) in [4.78, 5) is 12.1. The highest BCUT2D eigenvalue weighted by Crippen LogP contribution is 2.25. The van der Waals surface area contributed by atoms with Gasteiger partial charge in [-0.25, -0.2) is 0 Å². The van der Waals surface area contributed by atoms with Gasteiger partial charge in [-0.05, 0) is 24.3 Å². The maximum absolute atomic E-state index is 12.1. The van der Waals surface area contributed by atoms with E-state index in [1.54, 1.807) is 6.20 Å². The van der Waals surface area contributed by atoms with Crippen LogP contribution in [-0.2, 0) is 4.79 Å². The lowest BCUT2D eigenvalue weighted by Gasteiger charge is -2.08. The van der Waals surface area contributed by atoms with Crippen molar-refractivity contribution in [1.29, 1.82) is 0 Å². The predicted molar refractivity (Wildman–Crippen MR) is 92.0 cm³/mol. The lowest BCUT2D eigenvalue weighted by Crippen LogP contribution is -2.14. The second-order valence-electron chi connectivity index (χ2n) is 4.98. The number of aromatic nitrogens is 2. The van der Waals surface area contributed by atoms with Crippen LogP contribution in [0.15, 0.2) is 59.8 Å². The summed E-state index contributed by atoms with van der Waals surface area (Å²) >= 11 is 1.28. The van der Waals surface area contributed by atoms with Crippen LogP contribution >= 0.6 is 11.8 Å². The summed E-state index contributed by atoms with van der Waals surface area (Å²) in [5, 5.41) is 13.3. The molecule has 128 valence electrons. The molecule has 0 fully saturated rings. The van der Waals surface area contributed by atoms with Gasteiger partial charge in [0.25, 0.3) is 0 Å². The van der Waals surface area contributed by atoms with Crippen LogP contribution in [-0.4, -0.2) is 28.5 Å². The van der Waals surface area contributed by atoms with Crippen molar-refractivity contribution in [3.8, 4) is 5.75 Å². The van der Waals surface area contributed by atoms with Crippen molar-refractivity contribution < 1.29 is 18.3 Å². The zero-order chi connectivity index (χ0) is 17.6. The summed E-state index contributed by atoms with van der Waals surface area (Å²) in [6, 6.07) is 13.4. The second kappa shape index (κ2) is 7.89. The fraction of sp³-hybridized carbons (Fsp3) is 0.118. The maximum atomic E-state index is 12.1. The molecule has 1 N–H and O–H groups in total. The number of hydrogen-bond acceptors (Lipinski definition) is 5. The first-order chi connectivity index (χ1) is 12.1. The molecule has 0 aliphatic rings. The molecule has 0 unspecified atom stereocenters. The molecule has 8 heteroatoms. The van der Waals surface area contributed by atoms with Gasteiger partial charge in [0.2, 0.25) is 5.91 Å². The number of hydrogen-bond donors (Lipinski definition) is 1. The quantitative estimate of drug-likeness (QED) is 0.673. The molecule has 0 aliphatic heterocycles. The van der Waals surface area contributed by atoms with Crippen LogP contribution in [0.4, 0.5) is 14.5 Å². The molecule has 0 saturated heterocycles. The lowest BCUT2D eigenvalue weighted by molar-refractivity contribution is -0.113. The van der Waals surface area contributed by atoms with Crippen LogP contribution in [0, 0.1) is 0 Å². The molecule has 3 rings (SSSR count). The first kappa shape index (κ1) is 17.1. The third-order valence-corrected chi connectivity index (χ3v) is 4.22. The van der Waals surface area contributed by atoms with Gasteiger partial charge < -0.3 is 10.1 Å². The minimum absolute atomic E-state index is 0.0356. The fourth-order valence-electron chi connectivity index (χ4n) is 2.16. The molecule has 0 aliphatic carbocycles. The second-order valence-corrected chi connectivity index (χ2v) is 5.94. The summed E-state index contributed by atoms with van der Waals surface area (Å²) in [7, 11) is 0. The van der Waals surface area contributed by atoms with E-state index in [-0.39, 0.29) is 17.4 Å². The van der Waals surface area contributed by atoms with Crippen LogP contribution < -0.4 is 10.1 Å². The van der Waals surface area contributed by atoms with Crippen molar-refractivity contribution in [1.82, 2.24) is 10.2 Å². The number of amides is 1. The van der Waals surface area contributed by atoms with E-state index in [1.807, 2.05) is 24.3 Å². The highest BCUT2D eigenvalue weighted by molar-refractivity contribution is 8.00. The molecule has 0 atom stereocenters. The van der Waals surface area contributed by atoms with Gasteiger partial charge in [0.05, 0.1) is 11.9 Å². The molecule has 0 radical (unpaired) electrons. The molecule has 0 bridgehead atoms. The van der Waals surface area contributed by atoms with Crippen LogP contribution in [0.25, 0.3) is 10.8 Å². The summed E-state index contributed by atoms with van der Waals surface area (Å²) in [6.07, 6.45) is 1.67. The number of benzene rings is 2. The lowest BCUT2D eigenvalue weighted by atomic mass is 10.2. The topological polar surface area (TPSA) is 64.1 Å². The molecule has 1 aromatic heterocycles. The van der Waals surface area contributed by atoms with E-state index in [0.29, 0.717) is 10.7 Å². The Hall–Kier alpha value is -2.74. The highest BCUT2D eigenvalue weighted by Gasteiger charge is 2.09. The van der Waals surface area contributed by atoms with Gasteiger partial charge in [-0.3, -0.25) is 4.79 Å². The molecular weight excluding hydrogens is 348 g/mol. The Kier molecular flexibility index (Phi) is 5.39. The highest BCUT2D eigenvalue weighted by atomic mass is 32.2. The number of rotatable bonds is 6. The third-order valence-electron chi connectivity index (χ3n) is 3.24. The van der Waals surface area contributed by atoms with Gasteiger partial charge in [-0.2, -0.15) is 13.9 Å². The zero-order valence-electron chi connectivity index (χ0n) is 12.9. The molecule has 5 nitrogen and oxygen atoms in total. The zero-order valence-corrected chi connectivity index (χ0v) is 13.7. The molecular formula is C17H13F2N3O2S. The summed E-state index contributed by atoms with van der Waals surface area (Å²) < 4.78 is 28.5. The number of nitrogens with zero attached hydrogens (tertiary/aromatic N) is 2. The Bertz CT molecular complexity index is 870. The Morgan fingerprint density at radius 1 is 1.16 bits per heavy atom. The number of thioether (sulfide) groups is 1. The van der Waals surface area contributed by atoms with Crippen molar-refractivity contribution >= 4 is 34.1 Å². The van der Waals surface area contributed by atoms with E-state index < -0.39 is 6.61 Å². The van der Waals surface area contributed by atoms with Gasteiger partial charge in [-0.1, -0.05) is 36.0 Å². The Morgan fingerprint density at radius 2 is 1.92 bits per heavy atom. The SMILES string of the molecule is O=C(CSc1nncc2ccccc12)Nc1ccc(OC(F)F)cc1. The summed E-state index contributed by atoms with van der Waals surface area (Å²) in [5.74, 6) is -0.0477. The number of carbonyl (C=O) groups is 1. The van der Waals surface area contributed by atoms with Crippen LogP contribution in [0.1, 0.15) is 0 Å². The number of fused-ring (bicyclic) bond motifs is 1. The van der Waals surface area contributed by atoms with E-state index >= 15 is 0 Å². The average Bonchev–Trinajstić information content (AvgIpc) is 2.61. The Morgan fingerprint density at radius 3 is 2.68 bits per heavy atom. The Labute approximate surface area is 146 Å². The van der Waals surface area contributed by atoms with Crippen LogP contribution in [0.3, 0.4) is 0 Å². The van der Waals surface area contributed by atoms with Gasteiger partial charge in [0.1, 0.15) is 10.8 Å². The van der Waals surface area contributed by atoms with Gasteiger partial charge in [0, 0.05) is 16.5 Å². The number of anilines is 1. The van der Waals surface area contributed by atoms with Crippen molar-refractivity contribution in [3.63, 3.8) is 0 Å². The third kappa shape index (κ3) is 4.63. The normalized spacial score (nSPS) is 10.8. The van der Waals surface area contributed by atoms with E-state index in [4.69, 9.17) is 0 Å². The molecule has 1 amide bonds. The molecule has 2 aromatic carbocycles.